The highest BCUT2D eigenvalue weighted by Crippen LogP contribution is 2.28. The van der Waals surface area contributed by atoms with Gasteiger partial charge in [0, 0.05) is 24.8 Å². The molecule has 0 amide bonds. The van der Waals surface area contributed by atoms with Crippen LogP contribution in [0.5, 0.6) is 0 Å². The molecule has 0 radical (unpaired) electrons. The second-order valence-electron chi connectivity index (χ2n) is 5.92. The Hall–Kier alpha value is -1.60. The molecule has 1 aliphatic heterocycles. The van der Waals surface area contributed by atoms with Crippen molar-refractivity contribution in [2.75, 3.05) is 24.5 Å². The van der Waals surface area contributed by atoms with E-state index in [0.717, 1.165) is 44.1 Å². The van der Waals surface area contributed by atoms with Crippen LogP contribution in [0.1, 0.15) is 31.2 Å². The van der Waals surface area contributed by atoms with Gasteiger partial charge in [0.1, 0.15) is 5.82 Å². The first-order valence-corrected chi connectivity index (χ1v) is 7.43. The minimum absolute atomic E-state index is 0.326. The third kappa shape index (κ3) is 3.29. The van der Waals surface area contributed by atoms with E-state index in [1.165, 1.54) is 25.0 Å². The van der Waals surface area contributed by atoms with E-state index in [1.54, 1.807) is 6.07 Å². The van der Waals surface area contributed by atoms with E-state index in [9.17, 15) is 4.39 Å². The maximum Gasteiger partial charge on any atom is 0.126 e. The van der Waals surface area contributed by atoms with Crippen molar-refractivity contribution in [3.8, 4) is 6.07 Å². The lowest BCUT2D eigenvalue weighted by atomic mass is 10.0. The van der Waals surface area contributed by atoms with Gasteiger partial charge in [-0.05, 0) is 56.3 Å². The van der Waals surface area contributed by atoms with E-state index in [0.29, 0.717) is 11.6 Å². The van der Waals surface area contributed by atoms with Crippen LogP contribution in [0.25, 0.3) is 0 Å². The molecule has 3 rings (SSSR count). The van der Waals surface area contributed by atoms with Crippen molar-refractivity contribution in [3.63, 3.8) is 0 Å². The number of rotatable bonds is 4. The molecule has 0 bridgehead atoms. The van der Waals surface area contributed by atoms with Crippen LogP contribution in [0.2, 0.25) is 0 Å². The van der Waals surface area contributed by atoms with Gasteiger partial charge in [0.05, 0.1) is 11.6 Å². The van der Waals surface area contributed by atoms with Crippen molar-refractivity contribution < 1.29 is 4.39 Å². The Kier molecular flexibility index (Phi) is 3.88. The second-order valence-corrected chi connectivity index (χ2v) is 5.92. The quantitative estimate of drug-likeness (QED) is 0.916. The molecule has 1 aromatic rings. The van der Waals surface area contributed by atoms with Crippen molar-refractivity contribution >= 4 is 5.69 Å². The SMILES string of the molecule is N#Cc1cc(F)cc(N2CCC(NCC3CC3)CC2)c1. The van der Waals surface area contributed by atoms with Crippen molar-refractivity contribution in [2.45, 2.75) is 31.7 Å². The summed E-state index contributed by atoms with van der Waals surface area (Å²) in [5.41, 5.74) is 1.23. The molecule has 106 valence electrons. The largest absolute Gasteiger partial charge is 0.371 e. The molecule has 1 aromatic carbocycles. The van der Waals surface area contributed by atoms with Crippen molar-refractivity contribution in [3.05, 3.63) is 29.6 Å². The number of hydrogen-bond acceptors (Lipinski definition) is 3. The van der Waals surface area contributed by atoms with Crippen LogP contribution in [0, 0.1) is 23.1 Å². The van der Waals surface area contributed by atoms with Crippen LogP contribution >= 0.6 is 0 Å². The van der Waals surface area contributed by atoms with Gasteiger partial charge in [0.15, 0.2) is 0 Å². The molecule has 2 aliphatic rings. The lowest BCUT2D eigenvalue weighted by Gasteiger charge is -2.34. The monoisotopic (exact) mass is 273 g/mol. The highest BCUT2D eigenvalue weighted by Gasteiger charge is 2.24. The van der Waals surface area contributed by atoms with E-state index in [1.807, 2.05) is 6.07 Å². The highest BCUT2D eigenvalue weighted by molar-refractivity contribution is 5.52. The van der Waals surface area contributed by atoms with E-state index >= 15 is 0 Å². The molecule has 20 heavy (non-hydrogen) atoms. The predicted octanol–water partition coefficient (Wildman–Crippen LogP) is 2.67. The fraction of sp³-hybridized carbons (Fsp3) is 0.562. The van der Waals surface area contributed by atoms with E-state index in [4.69, 9.17) is 5.26 Å². The minimum atomic E-state index is -0.326. The van der Waals surface area contributed by atoms with Crippen LogP contribution in [0.4, 0.5) is 10.1 Å². The maximum absolute atomic E-state index is 13.5. The molecule has 1 saturated heterocycles. The zero-order valence-electron chi connectivity index (χ0n) is 11.6. The first-order chi connectivity index (χ1) is 9.74. The second kappa shape index (κ2) is 5.80. The number of nitrogens with one attached hydrogen (secondary N) is 1. The molecule has 0 unspecified atom stereocenters. The van der Waals surface area contributed by atoms with Gasteiger partial charge in [0.25, 0.3) is 0 Å². The van der Waals surface area contributed by atoms with Gasteiger partial charge >= 0.3 is 0 Å². The number of piperidine rings is 1. The zero-order chi connectivity index (χ0) is 13.9. The molecule has 1 N–H and O–H groups in total. The fourth-order valence-corrected chi connectivity index (χ4v) is 2.82. The molecule has 4 heteroatoms. The van der Waals surface area contributed by atoms with Crippen LogP contribution in [-0.4, -0.2) is 25.7 Å². The molecule has 0 spiro atoms. The molecule has 0 atom stereocenters. The molecular weight excluding hydrogens is 253 g/mol. The number of benzene rings is 1. The van der Waals surface area contributed by atoms with Crippen LogP contribution in [0.15, 0.2) is 18.2 Å². The Morgan fingerprint density at radius 1 is 1.20 bits per heavy atom. The normalized spacial score (nSPS) is 19.9. The minimum Gasteiger partial charge on any atom is -0.371 e. The Bertz CT molecular complexity index is 511. The molecule has 1 saturated carbocycles. The van der Waals surface area contributed by atoms with Gasteiger partial charge in [-0.3, -0.25) is 0 Å². The lowest BCUT2D eigenvalue weighted by Crippen LogP contribution is -2.43. The highest BCUT2D eigenvalue weighted by atomic mass is 19.1. The van der Waals surface area contributed by atoms with Crippen LogP contribution in [-0.2, 0) is 0 Å². The van der Waals surface area contributed by atoms with Crippen molar-refractivity contribution in [1.29, 1.82) is 5.26 Å². The number of nitrogens with zero attached hydrogens (tertiary/aromatic N) is 2. The van der Waals surface area contributed by atoms with E-state index < -0.39 is 0 Å². The van der Waals surface area contributed by atoms with Gasteiger partial charge in [-0.1, -0.05) is 0 Å². The number of halogens is 1. The summed E-state index contributed by atoms with van der Waals surface area (Å²) in [5, 5.41) is 12.5. The maximum atomic E-state index is 13.5. The summed E-state index contributed by atoms with van der Waals surface area (Å²) >= 11 is 0. The summed E-state index contributed by atoms with van der Waals surface area (Å²) < 4.78 is 13.5. The Labute approximate surface area is 119 Å². The van der Waals surface area contributed by atoms with Gasteiger partial charge < -0.3 is 10.2 Å². The molecular formula is C16H20FN3. The summed E-state index contributed by atoms with van der Waals surface area (Å²) in [5.74, 6) is 0.586. The van der Waals surface area contributed by atoms with Gasteiger partial charge in [0.2, 0.25) is 0 Å². The third-order valence-corrected chi connectivity index (χ3v) is 4.26. The van der Waals surface area contributed by atoms with E-state index in [2.05, 4.69) is 10.2 Å². The first kappa shape index (κ1) is 13.4. The summed E-state index contributed by atoms with van der Waals surface area (Å²) in [6, 6.07) is 7.20. The summed E-state index contributed by atoms with van der Waals surface area (Å²) in [7, 11) is 0. The van der Waals surface area contributed by atoms with Gasteiger partial charge in [-0.2, -0.15) is 5.26 Å². The molecule has 3 nitrogen and oxygen atoms in total. The van der Waals surface area contributed by atoms with Crippen LogP contribution < -0.4 is 10.2 Å². The van der Waals surface area contributed by atoms with Gasteiger partial charge in [-0.25, -0.2) is 4.39 Å². The third-order valence-electron chi connectivity index (χ3n) is 4.26. The predicted molar refractivity (Wildman–Crippen MR) is 77.1 cm³/mol. The zero-order valence-corrected chi connectivity index (χ0v) is 11.6. The Balaban J connectivity index is 1.57. The average molecular weight is 273 g/mol. The topological polar surface area (TPSA) is 39.1 Å². The molecule has 1 aliphatic carbocycles. The molecule has 2 fully saturated rings. The number of anilines is 1. The van der Waals surface area contributed by atoms with Crippen molar-refractivity contribution in [2.24, 2.45) is 5.92 Å². The summed E-state index contributed by atoms with van der Waals surface area (Å²) in [6.07, 6.45) is 4.94. The average Bonchev–Trinajstić information content (AvgIpc) is 3.29. The summed E-state index contributed by atoms with van der Waals surface area (Å²) in [6.45, 7) is 3.01. The molecule has 0 aromatic heterocycles. The number of hydrogen-bond donors (Lipinski definition) is 1. The fourth-order valence-electron chi connectivity index (χ4n) is 2.82. The Morgan fingerprint density at radius 3 is 2.60 bits per heavy atom. The Morgan fingerprint density at radius 2 is 1.95 bits per heavy atom. The summed E-state index contributed by atoms with van der Waals surface area (Å²) in [4.78, 5) is 2.18. The number of nitriles is 1. The first-order valence-electron chi connectivity index (χ1n) is 7.43. The molecule has 1 heterocycles. The lowest BCUT2D eigenvalue weighted by molar-refractivity contribution is 0.408. The van der Waals surface area contributed by atoms with Gasteiger partial charge in [-0.15, -0.1) is 0 Å². The van der Waals surface area contributed by atoms with Crippen molar-refractivity contribution in [1.82, 2.24) is 5.32 Å². The van der Waals surface area contributed by atoms with Crippen LogP contribution in [0.3, 0.4) is 0 Å². The smallest absolute Gasteiger partial charge is 0.126 e. The van der Waals surface area contributed by atoms with E-state index in [-0.39, 0.29) is 5.82 Å². The standard InChI is InChI=1S/C16H20FN3/c17-14-7-13(10-18)8-16(9-14)20-5-3-15(4-6-20)19-11-12-1-2-12/h7-9,12,15,19H,1-6,11H2.